The molecule has 3 aromatic rings. The van der Waals surface area contributed by atoms with Gasteiger partial charge in [0.25, 0.3) is 5.91 Å². The third kappa shape index (κ3) is 3.22. The monoisotopic (exact) mass is 404 g/mol. The van der Waals surface area contributed by atoms with Crippen LogP contribution in [0.2, 0.25) is 5.02 Å². The molecule has 4 rings (SSSR count). The zero-order valence-corrected chi connectivity index (χ0v) is 15.9. The fraction of sp³-hybridized carbons (Fsp3) is 0.211. The number of nitrogens with zero attached hydrogens (tertiary/aromatic N) is 2. The lowest BCUT2D eigenvalue weighted by Gasteiger charge is -2.33. The van der Waals surface area contributed by atoms with Gasteiger partial charge in [0.1, 0.15) is 0 Å². The number of sulfonamides is 1. The van der Waals surface area contributed by atoms with E-state index in [1.165, 1.54) is 10.6 Å². The Kier molecular flexibility index (Phi) is 4.67. The predicted octanol–water partition coefficient (Wildman–Crippen LogP) is 3.23. The van der Waals surface area contributed by atoms with Crippen LogP contribution in [0.3, 0.4) is 0 Å². The van der Waals surface area contributed by atoms with Crippen molar-refractivity contribution in [2.75, 3.05) is 26.2 Å². The molecular weight excluding hydrogens is 388 g/mol. The van der Waals surface area contributed by atoms with E-state index >= 15 is 0 Å². The molecule has 2 aromatic carbocycles. The first-order valence-electron chi connectivity index (χ1n) is 8.48. The van der Waals surface area contributed by atoms with Gasteiger partial charge in [0.05, 0.1) is 11.2 Å². The van der Waals surface area contributed by atoms with Crippen LogP contribution in [0.5, 0.6) is 0 Å². The second kappa shape index (κ2) is 6.99. The fourth-order valence-electron chi connectivity index (χ4n) is 3.30. The van der Waals surface area contributed by atoms with Crippen LogP contribution in [0, 0.1) is 0 Å². The highest BCUT2D eigenvalue weighted by atomic mass is 35.5. The van der Waals surface area contributed by atoms with Crippen molar-refractivity contribution in [2.45, 2.75) is 4.90 Å². The quantitative estimate of drug-likeness (QED) is 0.672. The minimum atomic E-state index is -3.73. The maximum Gasteiger partial charge on any atom is 0.289 e. The minimum absolute atomic E-state index is 0.191. The van der Waals surface area contributed by atoms with E-state index in [0.29, 0.717) is 23.5 Å². The van der Waals surface area contributed by atoms with Gasteiger partial charge in [-0.2, -0.15) is 4.31 Å². The number of hydrogen-bond donors (Lipinski definition) is 0. The van der Waals surface area contributed by atoms with Crippen LogP contribution in [-0.2, 0) is 10.0 Å². The second-order valence-corrected chi connectivity index (χ2v) is 8.58. The van der Waals surface area contributed by atoms with Crippen molar-refractivity contribution < 1.29 is 17.6 Å². The number of fused-ring (bicyclic) bond motifs is 1. The maximum absolute atomic E-state index is 13.2. The average molecular weight is 405 g/mol. The number of amides is 1. The summed E-state index contributed by atoms with van der Waals surface area (Å²) in [6, 6.07) is 13.7. The lowest BCUT2D eigenvalue weighted by Crippen LogP contribution is -2.50. The standard InChI is InChI=1S/C19H17ClN2O4S/c20-15-6-1-4-14-5-2-8-17(18(14)15)27(24,25)22-11-9-21(10-12-22)19(23)16-7-3-13-26-16/h1-8,13H,9-12H2. The van der Waals surface area contributed by atoms with E-state index in [-0.39, 0.29) is 29.7 Å². The fourth-order valence-corrected chi connectivity index (χ4v) is 5.30. The molecule has 1 aromatic heterocycles. The van der Waals surface area contributed by atoms with Gasteiger partial charge in [0, 0.05) is 36.6 Å². The Hall–Kier alpha value is -2.35. The molecule has 0 N–H and O–H groups in total. The number of halogens is 1. The van der Waals surface area contributed by atoms with Gasteiger partial charge < -0.3 is 9.32 Å². The molecule has 1 aliphatic heterocycles. The van der Waals surface area contributed by atoms with Crippen LogP contribution in [-0.4, -0.2) is 49.7 Å². The lowest BCUT2D eigenvalue weighted by atomic mass is 10.1. The third-order valence-electron chi connectivity index (χ3n) is 4.69. The molecule has 1 fully saturated rings. The largest absolute Gasteiger partial charge is 0.459 e. The van der Waals surface area contributed by atoms with Gasteiger partial charge in [-0.25, -0.2) is 8.42 Å². The average Bonchev–Trinajstić information content (AvgIpc) is 3.22. The number of piperazine rings is 1. The molecule has 0 bridgehead atoms. The number of rotatable bonds is 3. The smallest absolute Gasteiger partial charge is 0.289 e. The molecule has 0 spiro atoms. The van der Waals surface area contributed by atoms with Crippen molar-refractivity contribution >= 4 is 38.3 Å². The van der Waals surface area contributed by atoms with E-state index in [9.17, 15) is 13.2 Å². The van der Waals surface area contributed by atoms with Gasteiger partial charge in [-0.3, -0.25) is 4.79 Å². The van der Waals surface area contributed by atoms with E-state index in [1.807, 2.05) is 12.1 Å². The van der Waals surface area contributed by atoms with Crippen LogP contribution in [0.15, 0.2) is 64.1 Å². The highest BCUT2D eigenvalue weighted by Gasteiger charge is 2.32. The molecule has 1 saturated heterocycles. The zero-order valence-electron chi connectivity index (χ0n) is 14.3. The third-order valence-corrected chi connectivity index (χ3v) is 6.95. The van der Waals surface area contributed by atoms with Crippen LogP contribution >= 0.6 is 11.6 Å². The Balaban J connectivity index is 1.59. The van der Waals surface area contributed by atoms with E-state index < -0.39 is 10.0 Å². The topological polar surface area (TPSA) is 70.8 Å². The lowest BCUT2D eigenvalue weighted by molar-refractivity contribution is 0.0666. The van der Waals surface area contributed by atoms with E-state index in [0.717, 1.165) is 5.39 Å². The summed E-state index contributed by atoms with van der Waals surface area (Å²) < 4.78 is 32.9. The highest BCUT2D eigenvalue weighted by Crippen LogP contribution is 2.31. The Bertz CT molecular complexity index is 1080. The molecular formula is C19H17ClN2O4S. The number of carbonyl (C=O) groups excluding carboxylic acids is 1. The molecule has 1 amide bonds. The van der Waals surface area contributed by atoms with Gasteiger partial charge in [0.15, 0.2) is 5.76 Å². The summed E-state index contributed by atoms with van der Waals surface area (Å²) in [7, 11) is -3.73. The van der Waals surface area contributed by atoms with Gasteiger partial charge in [-0.15, -0.1) is 0 Å². The van der Waals surface area contributed by atoms with Gasteiger partial charge in [0.2, 0.25) is 10.0 Å². The van der Waals surface area contributed by atoms with E-state index in [4.69, 9.17) is 16.0 Å². The number of benzene rings is 2. The Morgan fingerprint density at radius 1 is 0.963 bits per heavy atom. The van der Waals surface area contributed by atoms with Crippen LogP contribution in [0.1, 0.15) is 10.6 Å². The van der Waals surface area contributed by atoms with Crippen molar-refractivity contribution in [3.8, 4) is 0 Å². The molecule has 1 aliphatic rings. The highest BCUT2D eigenvalue weighted by molar-refractivity contribution is 7.89. The number of carbonyl (C=O) groups is 1. The molecule has 0 aliphatic carbocycles. The maximum atomic E-state index is 13.2. The molecule has 0 radical (unpaired) electrons. The van der Waals surface area contributed by atoms with Crippen LogP contribution in [0.4, 0.5) is 0 Å². The number of furan rings is 1. The van der Waals surface area contributed by atoms with Gasteiger partial charge >= 0.3 is 0 Å². The number of hydrogen-bond acceptors (Lipinski definition) is 4. The van der Waals surface area contributed by atoms with Gasteiger partial charge in [-0.1, -0.05) is 35.9 Å². The Labute approximate surface area is 162 Å². The molecule has 0 saturated carbocycles. The normalized spacial score (nSPS) is 16.0. The van der Waals surface area contributed by atoms with E-state index in [1.54, 1.807) is 41.3 Å². The summed E-state index contributed by atoms with van der Waals surface area (Å²) >= 11 is 6.28. The summed E-state index contributed by atoms with van der Waals surface area (Å²) in [5, 5.41) is 1.70. The summed E-state index contributed by atoms with van der Waals surface area (Å²) in [6.45, 7) is 1.04. The summed E-state index contributed by atoms with van der Waals surface area (Å²) in [6.07, 6.45) is 1.44. The van der Waals surface area contributed by atoms with Crippen molar-refractivity contribution in [1.82, 2.24) is 9.21 Å². The Morgan fingerprint density at radius 2 is 1.67 bits per heavy atom. The molecule has 27 heavy (non-hydrogen) atoms. The van der Waals surface area contributed by atoms with Gasteiger partial charge in [-0.05, 0) is 29.7 Å². The summed E-state index contributed by atoms with van der Waals surface area (Å²) in [5.74, 6) is 0.0254. The minimum Gasteiger partial charge on any atom is -0.459 e. The van der Waals surface area contributed by atoms with Crippen LogP contribution in [0.25, 0.3) is 10.8 Å². The van der Waals surface area contributed by atoms with E-state index in [2.05, 4.69) is 0 Å². The SMILES string of the molecule is O=C(c1ccco1)N1CCN(S(=O)(=O)c2cccc3cccc(Cl)c23)CC1. The first-order chi connectivity index (χ1) is 13.0. The molecule has 0 atom stereocenters. The van der Waals surface area contributed by atoms with Crippen molar-refractivity contribution in [1.29, 1.82) is 0 Å². The first kappa shape index (κ1) is 18.0. The summed E-state index contributed by atoms with van der Waals surface area (Å²) in [4.78, 5) is 14.1. The van der Waals surface area contributed by atoms with Crippen molar-refractivity contribution in [3.63, 3.8) is 0 Å². The first-order valence-corrected chi connectivity index (χ1v) is 10.3. The molecule has 8 heteroatoms. The molecule has 140 valence electrons. The van der Waals surface area contributed by atoms with Crippen LogP contribution < -0.4 is 0 Å². The Morgan fingerprint density at radius 3 is 2.33 bits per heavy atom. The molecule has 0 unspecified atom stereocenters. The predicted molar refractivity (Wildman–Crippen MR) is 102 cm³/mol. The molecule has 6 nitrogen and oxygen atoms in total. The van der Waals surface area contributed by atoms with Crippen molar-refractivity contribution in [2.24, 2.45) is 0 Å². The molecule has 2 heterocycles. The summed E-state index contributed by atoms with van der Waals surface area (Å²) in [5.41, 5.74) is 0. The second-order valence-electron chi connectivity index (χ2n) is 6.27. The zero-order chi connectivity index (χ0) is 19.0. The van der Waals surface area contributed by atoms with Crippen molar-refractivity contribution in [3.05, 3.63) is 65.6 Å².